The van der Waals surface area contributed by atoms with Crippen molar-refractivity contribution in [3.05, 3.63) is 83.6 Å². The largest absolute Gasteiger partial charge is 0.282 e. The first-order valence-electron chi connectivity index (χ1n) is 9.20. The predicted molar refractivity (Wildman–Crippen MR) is 110 cm³/mol. The second kappa shape index (κ2) is 7.16. The molecule has 2 aromatic carbocycles. The number of rotatable bonds is 4. The van der Waals surface area contributed by atoms with Gasteiger partial charge in [0.25, 0.3) is 0 Å². The van der Waals surface area contributed by atoms with E-state index in [1.165, 1.54) is 11.1 Å². The van der Waals surface area contributed by atoms with Crippen LogP contribution in [0.3, 0.4) is 0 Å². The number of imidazole rings is 1. The van der Waals surface area contributed by atoms with Crippen molar-refractivity contribution in [3.63, 3.8) is 0 Å². The van der Waals surface area contributed by atoms with E-state index >= 15 is 0 Å². The number of hydrogen-bond donors (Lipinski definition) is 0. The SMILES string of the molecule is CCc1ccc(N=Nc2c(-c3ccc(C)cc3)nc3ccc(C)cn23)cc1. The molecular formula is C23H22N4. The van der Waals surface area contributed by atoms with Crippen LogP contribution in [0.2, 0.25) is 0 Å². The molecule has 27 heavy (non-hydrogen) atoms. The average molecular weight is 354 g/mol. The summed E-state index contributed by atoms with van der Waals surface area (Å²) in [6.45, 7) is 6.29. The Balaban J connectivity index is 1.83. The molecule has 134 valence electrons. The van der Waals surface area contributed by atoms with Crippen LogP contribution in [0.25, 0.3) is 16.9 Å². The molecule has 4 heteroatoms. The normalized spacial score (nSPS) is 11.5. The monoisotopic (exact) mass is 354 g/mol. The number of pyridine rings is 1. The molecule has 2 aromatic heterocycles. The minimum absolute atomic E-state index is 0.747. The summed E-state index contributed by atoms with van der Waals surface area (Å²) in [6, 6.07) is 20.6. The number of azo groups is 1. The van der Waals surface area contributed by atoms with Gasteiger partial charge < -0.3 is 0 Å². The van der Waals surface area contributed by atoms with Crippen LogP contribution in [-0.4, -0.2) is 9.38 Å². The molecule has 4 aromatic rings. The van der Waals surface area contributed by atoms with Crippen LogP contribution in [0.4, 0.5) is 11.5 Å². The topological polar surface area (TPSA) is 42.0 Å². The van der Waals surface area contributed by atoms with Crippen LogP contribution in [-0.2, 0) is 6.42 Å². The van der Waals surface area contributed by atoms with Crippen LogP contribution in [0.5, 0.6) is 0 Å². The van der Waals surface area contributed by atoms with Crippen LogP contribution < -0.4 is 0 Å². The number of benzene rings is 2. The first-order chi connectivity index (χ1) is 13.1. The molecular weight excluding hydrogens is 332 g/mol. The van der Waals surface area contributed by atoms with Gasteiger partial charge in [0.15, 0.2) is 5.82 Å². The third kappa shape index (κ3) is 3.51. The second-order valence-corrected chi connectivity index (χ2v) is 6.80. The Morgan fingerprint density at radius 3 is 2.22 bits per heavy atom. The van der Waals surface area contributed by atoms with Gasteiger partial charge in [0.1, 0.15) is 11.3 Å². The Hall–Kier alpha value is -3.27. The Bertz CT molecular complexity index is 1100. The lowest BCUT2D eigenvalue weighted by molar-refractivity contribution is 1.09. The molecule has 0 bridgehead atoms. The summed E-state index contributed by atoms with van der Waals surface area (Å²) in [5.41, 5.74) is 7.25. The maximum Gasteiger partial charge on any atom is 0.187 e. The van der Waals surface area contributed by atoms with E-state index in [1.54, 1.807) is 0 Å². The third-order valence-corrected chi connectivity index (χ3v) is 4.67. The molecule has 2 heterocycles. The summed E-state index contributed by atoms with van der Waals surface area (Å²) < 4.78 is 2.01. The number of hydrogen-bond acceptors (Lipinski definition) is 3. The predicted octanol–water partition coefficient (Wildman–Crippen LogP) is 6.60. The van der Waals surface area contributed by atoms with Gasteiger partial charge in [-0.25, -0.2) is 4.98 Å². The molecule has 0 saturated carbocycles. The first kappa shape index (κ1) is 17.2. The highest BCUT2D eigenvalue weighted by Crippen LogP contribution is 2.32. The molecule has 0 spiro atoms. The molecule has 0 amide bonds. The van der Waals surface area contributed by atoms with Crippen molar-refractivity contribution in [3.8, 4) is 11.3 Å². The summed E-state index contributed by atoms with van der Waals surface area (Å²) >= 11 is 0. The van der Waals surface area contributed by atoms with Crippen molar-refractivity contribution < 1.29 is 0 Å². The molecule has 4 nitrogen and oxygen atoms in total. The standard InChI is InChI=1S/C23H22N4/c1-4-18-8-12-20(13-9-18)25-26-23-22(19-10-5-16(2)6-11-19)24-21-14-7-17(3)15-27(21)23/h5-15H,4H2,1-3H3. The molecule has 0 saturated heterocycles. The van der Waals surface area contributed by atoms with E-state index in [4.69, 9.17) is 4.98 Å². The first-order valence-corrected chi connectivity index (χ1v) is 9.20. The molecule has 0 atom stereocenters. The van der Waals surface area contributed by atoms with E-state index in [-0.39, 0.29) is 0 Å². The lowest BCUT2D eigenvalue weighted by atomic mass is 10.1. The summed E-state index contributed by atoms with van der Waals surface area (Å²) in [6.07, 6.45) is 3.07. The van der Waals surface area contributed by atoms with Crippen molar-refractivity contribution in [2.45, 2.75) is 27.2 Å². The number of aromatic nitrogens is 2. The van der Waals surface area contributed by atoms with Gasteiger partial charge in [0.2, 0.25) is 0 Å². The zero-order valence-corrected chi connectivity index (χ0v) is 15.8. The van der Waals surface area contributed by atoms with Crippen LogP contribution in [0, 0.1) is 13.8 Å². The summed E-state index contributed by atoms with van der Waals surface area (Å²) in [4.78, 5) is 4.80. The Morgan fingerprint density at radius 1 is 0.815 bits per heavy atom. The van der Waals surface area contributed by atoms with E-state index < -0.39 is 0 Å². The fraction of sp³-hybridized carbons (Fsp3) is 0.174. The summed E-state index contributed by atoms with van der Waals surface area (Å²) in [5.74, 6) is 0.747. The molecule has 0 N–H and O–H groups in total. The van der Waals surface area contributed by atoms with Gasteiger partial charge >= 0.3 is 0 Å². The highest BCUT2D eigenvalue weighted by Gasteiger charge is 2.14. The van der Waals surface area contributed by atoms with Crippen molar-refractivity contribution >= 4 is 17.2 Å². The quantitative estimate of drug-likeness (QED) is 0.381. The zero-order chi connectivity index (χ0) is 18.8. The minimum atomic E-state index is 0.747. The van der Waals surface area contributed by atoms with E-state index in [0.29, 0.717) is 0 Å². The smallest absolute Gasteiger partial charge is 0.187 e. The lowest BCUT2D eigenvalue weighted by Gasteiger charge is -2.01. The highest BCUT2D eigenvalue weighted by atomic mass is 15.2. The third-order valence-electron chi connectivity index (χ3n) is 4.67. The molecule has 0 unspecified atom stereocenters. The maximum absolute atomic E-state index is 4.80. The van der Waals surface area contributed by atoms with Gasteiger partial charge in [-0.1, -0.05) is 55.0 Å². The molecule has 4 rings (SSSR count). The summed E-state index contributed by atoms with van der Waals surface area (Å²) in [7, 11) is 0. The van der Waals surface area contributed by atoms with E-state index in [0.717, 1.165) is 40.4 Å². The van der Waals surface area contributed by atoms with E-state index in [9.17, 15) is 0 Å². The van der Waals surface area contributed by atoms with E-state index in [2.05, 4.69) is 79.7 Å². The second-order valence-electron chi connectivity index (χ2n) is 6.80. The van der Waals surface area contributed by atoms with Crippen molar-refractivity contribution in [2.24, 2.45) is 10.2 Å². The molecule has 0 radical (unpaired) electrons. The van der Waals surface area contributed by atoms with Gasteiger partial charge in [0.05, 0.1) is 5.69 Å². The fourth-order valence-electron chi connectivity index (χ4n) is 3.04. The van der Waals surface area contributed by atoms with E-state index in [1.807, 2.05) is 22.6 Å². The maximum atomic E-state index is 4.80. The van der Waals surface area contributed by atoms with Crippen molar-refractivity contribution in [2.75, 3.05) is 0 Å². The average Bonchev–Trinajstić information content (AvgIpc) is 3.05. The number of fused-ring (bicyclic) bond motifs is 1. The molecule has 0 aliphatic carbocycles. The number of nitrogens with zero attached hydrogens (tertiary/aromatic N) is 4. The van der Waals surface area contributed by atoms with Gasteiger partial charge in [0, 0.05) is 11.8 Å². The van der Waals surface area contributed by atoms with Crippen molar-refractivity contribution in [1.29, 1.82) is 0 Å². The molecule has 0 fully saturated rings. The lowest BCUT2D eigenvalue weighted by Crippen LogP contribution is -1.85. The van der Waals surface area contributed by atoms with Gasteiger partial charge in [-0.05, 0) is 49.6 Å². The Labute approximate surface area is 159 Å². The van der Waals surface area contributed by atoms with Gasteiger partial charge in [-0.3, -0.25) is 4.40 Å². The van der Waals surface area contributed by atoms with Crippen molar-refractivity contribution in [1.82, 2.24) is 9.38 Å². The fourth-order valence-corrected chi connectivity index (χ4v) is 3.04. The minimum Gasteiger partial charge on any atom is -0.282 e. The van der Waals surface area contributed by atoms with Crippen LogP contribution in [0.15, 0.2) is 77.1 Å². The van der Waals surface area contributed by atoms with Crippen LogP contribution >= 0.6 is 0 Å². The highest BCUT2D eigenvalue weighted by molar-refractivity contribution is 5.74. The summed E-state index contributed by atoms with van der Waals surface area (Å²) in [5, 5.41) is 9.06. The Morgan fingerprint density at radius 2 is 1.52 bits per heavy atom. The molecule has 0 aliphatic heterocycles. The molecule has 0 aliphatic rings. The zero-order valence-electron chi connectivity index (χ0n) is 15.8. The Kier molecular flexibility index (Phi) is 4.55. The van der Waals surface area contributed by atoms with Gasteiger partial charge in [-0.2, -0.15) is 0 Å². The van der Waals surface area contributed by atoms with Crippen LogP contribution in [0.1, 0.15) is 23.6 Å². The number of aryl methyl sites for hydroxylation is 3. The van der Waals surface area contributed by atoms with Gasteiger partial charge in [-0.15, -0.1) is 10.2 Å².